The van der Waals surface area contributed by atoms with E-state index in [2.05, 4.69) is 0 Å². The zero-order valence-electron chi connectivity index (χ0n) is 17.2. The maximum Gasteiger partial charge on any atom is 0.171 e. The summed E-state index contributed by atoms with van der Waals surface area (Å²) in [5.74, 6) is -1.24. The topological polar surface area (TPSA) is 93.3 Å². The van der Waals surface area contributed by atoms with Crippen LogP contribution in [0.25, 0.3) is 10.2 Å². The van der Waals surface area contributed by atoms with Crippen LogP contribution in [0, 0.1) is 12.8 Å². The summed E-state index contributed by atoms with van der Waals surface area (Å²) < 4.78 is 0. The van der Waals surface area contributed by atoms with Crippen LogP contribution >= 0.6 is 22.9 Å². The minimum Gasteiger partial charge on any atom is -0.397 e. The Bertz CT molecular complexity index is 1200. The van der Waals surface area contributed by atoms with Crippen LogP contribution in [-0.4, -0.2) is 27.3 Å². The molecule has 30 heavy (non-hydrogen) atoms. The maximum absolute atomic E-state index is 12.7. The first-order chi connectivity index (χ1) is 14.0. The highest BCUT2D eigenvalue weighted by atomic mass is 35.5. The second kappa shape index (κ2) is 7.15. The highest BCUT2D eigenvalue weighted by Crippen LogP contribution is 2.50. The molecule has 1 aliphatic rings. The number of nitrogen functional groups attached to an aromatic ring is 1. The molecule has 0 aliphatic heterocycles. The molecule has 0 saturated carbocycles. The molecular formula is C23H23ClN2O3S. The third kappa shape index (κ3) is 3.14. The van der Waals surface area contributed by atoms with E-state index in [1.54, 1.807) is 19.1 Å². The lowest BCUT2D eigenvalue weighted by Crippen LogP contribution is -2.48. The number of nitrogens with zero attached hydrogens (tertiary/aromatic N) is 1. The smallest absolute Gasteiger partial charge is 0.171 e. The fourth-order valence-corrected chi connectivity index (χ4v) is 6.11. The van der Waals surface area contributed by atoms with Crippen LogP contribution in [0.2, 0.25) is 5.02 Å². The van der Waals surface area contributed by atoms with Gasteiger partial charge in [-0.25, -0.2) is 4.98 Å². The van der Waals surface area contributed by atoms with Gasteiger partial charge in [0.2, 0.25) is 0 Å². The molecule has 1 aliphatic carbocycles. The Morgan fingerprint density at radius 3 is 2.47 bits per heavy atom. The predicted molar refractivity (Wildman–Crippen MR) is 121 cm³/mol. The number of anilines is 1. The Hall–Kier alpha value is -2.28. The SMILES string of the molecule is CC(=O)c1sc2nc(C)c3c(c2c1N)CC(C)(O)C(C(C)=O)C3c1ccc(Cl)cc1. The Balaban J connectivity index is 2.10. The summed E-state index contributed by atoms with van der Waals surface area (Å²) in [5, 5.41) is 12.7. The first kappa shape index (κ1) is 21.0. The van der Waals surface area contributed by atoms with E-state index in [9.17, 15) is 14.7 Å². The zero-order chi connectivity index (χ0) is 22.0. The van der Waals surface area contributed by atoms with Gasteiger partial charge in [-0.05, 0) is 49.6 Å². The molecule has 3 unspecified atom stereocenters. The van der Waals surface area contributed by atoms with E-state index < -0.39 is 17.4 Å². The molecule has 7 heteroatoms. The normalized spacial score (nSPS) is 23.4. The largest absolute Gasteiger partial charge is 0.397 e. The summed E-state index contributed by atoms with van der Waals surface area (Å²) >= 11 is 7.37. The van der Waals surface area contributed by atoms with Gasteiger partial charge < -0.3 is 10.8 Å². The molecule has 2 heterocycles. The molecule has 0 saturated heterocycles. The number of carbonyl (C=O) groups excluding carboxylic acids is 2. The number of aliphatic hydroxyl groups is 1. The third-order valence-electron chi connectivity index (χ3n) is 6.05. The zero-order valence-corrected chi connectivity index (χ0v) is 18.8. The van der Waals surface area contributed by atoms with Gasteiger partial charge in [0.25, 0.3) is 0 Å². The summed E-state index contributed by atoms with van der Waals surface area (Å²) in [6.45, 7) is 6.60. The minimum absolute atomic E-state index is 0.0900. The third-order valence-corrected chi connectivity index (χ3v) is 7.50. The number of aromatic nitrogens is 1. The van der Waals surface area contributed by atoms with E-state index in [0.29, 0.717) is 25.8 Å². The molecule has 3 aromatic rings. The van der Waals surface area contributed by atoms with Crippen molar-refractivity contribution in [2.24, 2.45) is 5.92 Å². The van der Waals surface area contributed by atoms with Gasteiger partial charge in [0.1, 0.15) is 10.6 Å². The van der Waals surface area contributed by atoms with Crippen molar-refractivity contribution in [3.8, 4) is 0 Å². The van der Waals surface area contributed by atoms with Gasteiger partial charge in [0, 0.05) is 35.4 Å². The number of pyridine rings is 1. The number of nitrogens with two attached hydrogens (primary N) is 1. The van der Waals surface area contributed by atoms with Crippen LogP contribution in [0.3, 0.4) is 0 Å². The number of hydrogen-bond acceptors (Lipinski definition) is 6. The first-order valence-electron chi connectivity index (χ1n) is 9.73. The second-order valence-electron chi connectivity index (χ2n) is 8.32. The molecular weight excluding hydrogens is 420 g/mol. The van der Waals surface area contributed by atoms with E-state index in [1.165, 1.54) is 25.2 Å². The van der Waals surface area contributed by atoms with Gasteiger partial charge >= 0.3 is 0 Å². The van der Waals surface area contributed by atoms with E-state index in [0.717, 1.165) is 22.4 Å². The number of hydrogen-bond donors (Lipinski definition) is 2. The quantitative estimate of drug-likeness (QED) is 0.574. The van der Waals surface area contributed by atoms with Crippen molar-refractivity contribution in [1.82, 2.24) is 4.98 Å². The molecule has 0 bridgehead atoms. The van der Waals surface area contributed by atoms with Gasteiger partial charge in [-0.3, -0.25) is 9.59 Å². The molecule has 2 aromatic heterocycles. The van der Waals surface area contributed by atoms with Gasteiger partial charge in [0.05, 0.1) is 22.1 Å². The minimum atomic E-state index is -1.28. The fourth-order valence-electron chi connectivity index (χ4n) is 4.92. The van der Waals surface area contributed by atoms with Crippen molar-refractivity contribution in [1.29, 1.82) is 0 Å². The number of thiophene rings is 1. The van der Waals surface area contributed by atoms with Gasteiger partial charge in [0.15, 0.2) is 5.78 Å². The van der Waals surface area contributed by atoms with Crippen LogP contribution in [0.15, 0.2) is 24.3 Å². The van der Waals surface area contributed by atoms with Gasteiger partial charge in [-0.1, -0.05) is 23.7 Å². The molecule has 1 aromatic carbocycles. The van der Waals surface area contributed by atoms with Crippen LogP contribution in [-0.2, 0) is 11.2 Å². The number of carbonyl (C=O) groups is 2. The average Bonchev–Trinajstić information content (AvgIpc) is 2.97. The van der Waals surface area contributed by atoms with Crippen molar-refractivity contribution >= 4 is 50.4 Å². The lowest BCUT2D eigenvalue weighted by molar-refractivity contribution is -0.130. The maximum atomic E-state index is 12.7. The van der Waals surface area contributed by atoms with Crippen molar-refractivity contribution in [3.63, 3.8) is 0 Å². The predicted octanol–water partition coefficient (Wildman–Crippen LogP) is 4.69. The van der Waals surface area contributed by atoms with Gasteiger partial charge in [-0.15, -0.1) is 11.3 Å². The fraction of sp³-hybridized carbons (Fsp3) is 0.348. The number of aryl methyl sites for hydroxylation is 1. The molecule has 156 valence electrons. The lowest BCUT2D eigenvalue weighted by Gasteiger charge is -2.43. The number of ketones is 2. The Morgan fingerprint density at radius 2 is 1.90 bits per heavy atom. The summed E-state index contributed by atoms with van der Waals surface area (Å²) in [6, 6.07) is 7.34. The van der Waals surface area contributed by atoms with Crippen molar-refractivity contribution in [2.75, 3.05) is 5.73 Å². The summed E-state index contributed by atoms with van der Waals surface area (Å²) in [6.07, 6.45) is 0.259. The number of benzene rings is 1. The average molecular weight is 443 g/mol. The van der Waals surface area contributed by atoms with Crippen LogP contribution in [0.4, 0.5) is 5.69 Å². The van der Waals surface area contributed by atoms with E-state index in [4.69, 9.17) is 22.3 Å². The Kier molecular flexibility index (Phi) is 5.00. The first-order valence-corrected chi connectivity index (χ1v) is 10.9. The molecule has 5 nitrogen and oxygen atoms in total. The lowest BCUT2D eigenvalue weighted by atomic mass is 9.62. The van der Waals surface area contributed by atoms with Crippen LogP contribution in [0.1, 0.15) is 58.7 Å². The highest BCUT2D eigenvalue weighted by molar-refractivity contribution is 7.21. The molecule has 4 rings (SSSR count). The van der Waals surface area contributed by atoms with Crippen molar-refractivity contribution in [2.45, 2.75) is 45.6 Å². The number of Topliss-reactive ketones (excluding diaryl/α,β-unsaturated/α-hetero) is 2. The molecule has 3 N–H and O–H groups in total. The van der Waals surface area contributed by atoms with Crippen LogP contribution in [0.5, 0.6) is 0 Å². The second-order valence-corrected chi connectivity index (χ2v) is 9.76. The number of halogens is 1. The number of fused-ring (bicyclic) bond motifs is 3. The molecule has 0 amide bonds. The highest BCUT2D eigenvalue weighted by Gasteiger charge is 2.48. The molecule has 3 atom stereocenters. The van der Waals surface area contributed by atoms with E-state index in [1.807, 2.05) is 19.1 Å². The summed E-state index contributed by atoms with van der Waals surface area (Å²) in [5.41, 5.74) is 8.92. The van der Waals surface area contributed by atoms with E-state index >= 15 is 0 Å². The van der Waals surface area contributed by atoms with Crippen molar-refractivity contribution < 1.29 is 14.7 Å². The Morgan fingerprint density at radius 1 is 1.27 bits per heavy atom. The molecule has 0 radical (unpaired) electrons. The number of rotatable bonds is 3. The standard InChI is InChI=1S/C23H23ClN2O3S/c1-10-16-15(18-20(25)21(12(3)28)30-22(18)26-10)9-23(4,29)19(11(2)27)17(16)13-5-7-14(24)8-6-13/h5-8,17,19,29H,9,25H2,1-4H3. The molecule has 0 spiro atoms. The monoisotopic (exact) mass is 442 g/mol. The summed E-state index contributed by atoms with van der Waals surface area (Å²) in [4.78, 5) is 30.7. The Labute approximate surface area is 183 Å². The molecule has 0 fully saturated rings. The van der Waals surface area contributed by atoms with Crippen LogP contribution < -0.4 is 5.73 Å². The summed E-state index contributed by atoms with van der Waals surface area (Å²) in [7, 11) is 0. The van der Waals surface area contributed by atoms with E-state index in [-0.39, 0.29) is 18.0 Å². The van der Waals surface area contributed by atoms with Crippen molar-refractivity contribution in [3.05, 3.63) is 56.5 Å². The van der Waals surface area contributed by atoms with Gasteiger partial charge in [-0.2, -0.15) is 0 Å².